The lowest BCUT2D eigenvalue weighted by Gasteiger charge is -2.51. The number of halogens is 1. The highest BCUT2D eigenvalue weighted by Gasteiger charge is 2.51. The van der Waals surface area contributed by atoms with Crippen LogP contribution >= 0.6 is 0 Å². The summed E-state index contributed by atoms with van der Waals surface area (Å²) in [6, 6.07) is 14.0. The van der Waals surface area contributed by atoms with E-state index in [2.05, 4.69) is 17.9 Å². The summed E-state index contributed by atoms with van der Waals surface area (Å²) < 4.78 is 13.5. The normalized spacial score (nSPS) is 23.3. The molecule has 3 atom stereocenters. The lowest BCUT2D eigenvalue weighted by atomic mass is 9.75. The summed E-state index contributed by atoms with van der Waals surface area (Å²) in [5, 5.41) is 19.6. The molecule has 0 spiro atoms. The first-order valence-corrected chi connectivity index (χ1v) is 10.8. The Morgan fingerprint density at radius 1 is 1.13 bits per heavy atom. The zero-order valence-electron chi connectivity index (χ0n) is 17.3. The molecule has 0 bridgehead atoms. The third-order valence-electron chi connectivity index (χ3n) is 6.36. The second kappa shape index (κ2) is 9.33. The van der Waals surface area contributed by atoms with Gasteiger partial charge in [0.05, 0.1) is 18.7 Å². The molecular formula is C26H25FN2O2. The number of nitriles is 1. The van der Waals surface area contributed by atoms with E-state index in [4.69, 9.17) is 0 Å². The van der Waals surface area contributed by atoms with Crippen LogP contribution in [0.2, 0.25) is 0 Å². The van der Waals surface area contributed by atoms with E-state index >= 15 is 0 Å². The Kier molecular flexibility index (Phi) is 6.35. The van der Waals surface area contributed by atoms with Crippen molar-refractivity contribution < 1.29 is 14.3 Å². The zero-order valence-corrected chi connectivity index (χ0v) is 17.3. The largest absolute Gasteiger partial charge is 0.394 e. The van der Waals surface area contributed by atoms with Gasteiger partial charge in [-0.15, -0.1) is 0 Å². The van der Waals surface area contributed by atoms with E-state index in [0.717, 1.165) is 17.2 Å². The highest BCUT2D eigenvalue weighted by Crippen LogP contribution is 2.41. The van der Waals surface area contributed by atoms with E-state index in [1.807, 2.05) is 24.3 Å². The number of hydrogen-bond acceptors (Lipinski definition) is 3. The molecule has 1 saturated heterocycles. The molecule has 1 amide bonds. The molecule has 1 N–H and O–H groups in total. The van der Waals surface area contributed by atoms with Gasteiger partial charge in [-0.05, 0) is 48.7 Å². The molecule has 2 aliphatic rings. The van der Waals surface area contributed by atoms with Crippen molar-refractivity contribution in [1.29, 1.82) is 5.26 Å². The van der Waals surface area contributed by atoms with E-state index in [-0.39, 0.29) is 18.1 Å². The number of hydrogen-bond donors (Lipinski definition) is 1. The van der Waals surface area contributed by atoms with Crippen LogP contribution in [0.15, 0.2) is 48.5 Å². The topological polar surface area (TPSA) is 64.3 Å². The summed E-state index contributed by atoms with van der Waals surface area (Å²) in [6.07, 6.45) is 6.15. The summed E-state index contributed by atoms with van der Waals surface area (Å²) in [6.45, 7) is -0.271. The van der Waals surface area contributed by atoms with Crippen molar-refractivity contribution in [2.45, 2.75) is 50.1 Å². The molecule has 1 heterocycles. The molecule has 2 fully saturated rings. The lowest BCUT2D eigenvalue weighted by molar-refractivity contribution is -0.00588. The zero-order chi connectivity index (χ0) is 21.8. The first-order chi connectivity index (χ1) is 15.1. The standard InChI is InChI=1S/C26H25FN2O2/c27-22-8-4-7-21(15-22)26(31)29-23(16-28)25(24(29)17-30)20-13-11-19(12-14-20)10-9-18-5-2-1-3-6-18/h4,7-8,11-15,18,23-25,30H,1-3,5-6,17H2/t23-,24-,25-/m0/s1. The average Bonchev–Trinajstić information content (AvgIpc) is 2.79. The maximum Gasteiger partial charge on any atom is 0.255 e. The molecule has 1 saturated carbocycles. The van der Waals surface area contributed by atoms with Gasteiger partial charge in [0.25, 0.3) is 5.91 Å². The van der Waals surface area contributed by atoms with E-state index in [1.54, 1.807) is 0 Å². The molecule has 2 aromatic carbocycles. The quantitative estimate of drug-likeness (QED) is 0.761. The van der Waals surface area contributed by atoms with Crippen molar-refractivity contribution >= 4 is 5.91 Å². The fourth-order valence-corrected chi connectivity index (χ4v) is 4.68. The van der Waals surface area contributed by atoms with Gasteiger partial charge in [-0.1, -0.05) is 49.3 Å². The summed E-state index contributed by atoms with van der Waals surface area (Å²) in [5.41, 5.74) is 1.98. The number of nitrogens with zero attached hydrogens (tertiary/aromatic N) is 2. The summed E-state index contributed by atoms with van der Waals surface area (Å²) >= 11 is 0. The molecule has 0 unspecified atom stereocenters. The van der Waals surface area contributed by atoms with Gasteiger partial charge >= 0.3 is 0 Å². The molecule has 4 rings (SSSR count). The second-order valence-corrected chi connectivity index (χ2v) is 8.30. The number of carbonyl (C=O) groups is 1. The third kappa shape index (κ3) is 4.33. The SMILES string of the molecule is N#C[C@H]1[C@H](c2ccc(C#CC3CCCCC3)cc2)[C@H](CO)N1C(=O)c1cccc(F)c1. The predicted octanol–water partition coefficient (Wildman–Crippen LogP) is 4.25. The Morgan fingerprint density at radius 3 is 2.52 bits per heavy atom. The van der Waals surface area contributed by atoms with Gasteiger partial charge in [-0.25, -0.2) is 4.39 Å². The van der Waals surface area contributed by atoms with Crippen LogP contribution in [-0.2, 0) is 0 Å². The molecule has 2 aromatic rings. The molecule has 0 radical (unpaired) electrons. The molecule has 1 aliphatic carbocycles. The van der Waals surface area contributed by atoms with Gasteiger partial charge in [0.15, 0.2) is 0 Å². The Balaban J connectivity index is 1.51. The van der Waals surface area contributed by atoms with Crippen molar-refractivity contribution in [3.05, 3.63) is 71.0 Å². The Morgan fingerprint density at radius 2 is 1.87 bits per heavy atom. The second-order valence-electron chi connectivity index (χ2n) is 8.30. The van der Waals surface area contributed by atoms with Crippen LogP contribution < -0.4 is 0 Å². The van der Waals surface area contributed by atoms with Crippen molar-refractivity contribution in [3.8, 4) is 17.9 Å². The van der Waals surface area contributed by atoms with Crippen LogP contribution in [0.5, 0.6) is 0 Å². The number of aliphatic hydroxyl groups is 1. The van der Waals surface area contributed by atoms with Crippen LogP contribution in [0.25, 0.3) is 0 Å². The van der Waals surface area contributed by atoms with Gasteiger partial charge in [0.2, 0.25) is 0 Å². The fraction of sp³-hybridized carbons (Fsp3) is 0.385. The Bertz CT molecular complexity index is 1040. The first kappa shape index (κ1) is 21.1. The fourth-order valence-electron chi connectivity index (χ4n) is 4.68. The average molecular weight is 416 g/mol. The minimum Gasteiger partial charge on any atom is -0.394 e. The molecular weight excluding hydrogens is 391 g/mol. The number of rotatable bonds is 3. The van der Waals surface area contributed by atoms with Crippen LogP contribution in [-0.4, -0.2) is 34.6 Å². The van der Waals surface area contributed by atoms with Crippen LogP contribution in [0.4, 0.5) is 4.39 Å². The van der Waals surface area contributed by atoms with Crippen molar-refractivity contribution in [2.24, 2.45) is 5.92 Å². The van der Waals surface area contributed by atoms with Gasteiger partial charge in [0, 0.05) is 23.0 Å². The molecule has 31 heavy (non-hydrogen) atoms. The molecule has 1 aliphatic heterocycles. The lowest BCUT2D eigenvalue weighted by Crippen LogP contribution is -2.65. The smallest absolute Gasteiger partial charge is 0.255 e. The van der Waals surface area contributed by atoms with E-state index in [0.29, 0.717) is 5.92 Å². The molecule has 4 nitrogen and oxygen atoms in total. The summed E-state index contributed by atoms with van der Waals surface area (Å²) in [7, 11) is 0. The van der Waals surface area contributed by atoms with E-state index in [9.17, 15) is 19.6 Å². The van der Waals surface area contributed by atoms with Crippen molar-refractivity contribution in [3.63, 3.8) is 0 Å². The molecule has 158 valence electrons. The van der Waals surface area contributed by atoms with Gasteiger partial charge in [-0.2, -0.15) is 5.26 Å². The van der Waals surface area contributed by atoms with Gasteiger partial charge in [0.1, 0.15) is 11.9 Å². The van der Waals surface area contributed by atoms with Crippen molar-refractivity contribution in [1.82, 2.24) is 4.90 Å². The third-order valence-corrected chi connectivity index (χ3v) is 6.36. The molecule has 0 aromatic heterocycles. The minimum absolute atomic E-state index is 0.172. The maximum absolute atomic E-state index is 13.5. The predicted molar refractivity (Wildman–Crippen MR) is 115 cm³/mol. The number of amides is 1. The molecule has 5 heteroatoms. The number of aliphatic hydroxyl groups excluding tert-OH is 1. The Labute approximate surface area is 182 Å². The van der Waals surface area contributed by atoms with Gasteiger partial charge < -0.3 is 10.0 Å². The first-order valence-electron chi connectivity index (χ1n) is 10.8. The van der Waals surface area contributed by atoms with Crippen molar-refractivity contribution in [2.75, 3.05) is 6.61 Å². The maximum atomic E-state index is 13.5. The number of benzene rings is 2. The van der Waals surface area contributed by atoms with E-state index in [1.165, 1.54) is 55.2 Å². The monoisotopic (exact) mass is 416 g/mol. The highest BCUT2D eigenvalue weighted by molar-refractivity contribution is 5.95. The van der Waals surface area contributed by atoms with Crippen LogP contribution in [0.1, 0.15) is 59.5 Å². The van der Waals surface area contributed by atoms with Crippen LogP contribution in [0, 0.1) is 34.9 Å². The van der Waals surface area contributed by atoms with E-state index < -0.39 is 23.8 Å². The number of likely N-dealkylation sites (tertiary alicyclic amines) is 1. The summed E-state index contributed by atoms with van der Waals surface area (Å²) in [4.78, 5) is 14.2. The highest BCUT2D eigenvalue weighted by atomic mass is 19.1. The Hall–Kier alpha value is -3.15. The summed E-state index contributed by atoms with van der Waals surface area (Å²) in [5.74, 6) is 5.85. The number of carbonyl (C=O) groups excluding carboxylic acids is 1. The van der Waals surface area contributed by atoms with Gasteiger partial charge in [-0.3, -0.25) is 4.79 Å². The van der Waals surface area contributed by atoms with Crippen LogP contribution in [0.3, 0.4) is 0 Å². The minimum atomic E-state index is -0.716.